The summed E-state index contributed by atoms with van der Waals surface area (Å²) >= 11 is 0. The highest BCUT2D eigenvalue weighted by molar-refractivity contribution is 5.89. The van der Waals surface area contributed by atoms with E-state index in [9.17, 15) is 4.79 Å². The first-order valence-corrected chi connectivity index (χ1v) is 7.32. The second-order valence-electron chi connectivity index (χ2n) is 5.06. The lowest BCUT2D eigenvalue weighted by molar-refractivity contribution is 0.0922. The van der Waals surface area contributed by atoms with Gasteiger partial charge in [0, 0.05) is 5.69 Å². The van der Waals surface area contributed by atoms with Gasteiger partial charge >= 0.3 is 6.03 Å². The fraction of sp³-hybridized carbons (Fsp3) is 0.235. The van der Waals surface area contributed by atoms with Crippen molar-refractivity contribution in [2.24, 2.45) is 0 Å². The number of carbonyl (C=O) groups excluding carboxylic acids is 1. The third kappa shape index (κ3) is 3.85. The summed E-state index contributed by atoms with van der Waals surface area (Å²) in [5.41, 5.74) is 0.689. The summed E-state index contributed by atoms with van der Waals surface area (Å²) in [5, 5.41) is 5.52. The molecule has 0 aromatic heterocycles. The van der Waals surface area contributed by atoms with Crippen LogP contribution < -0.4 is 24.8 Å². The molecule has 2 aromatic rings. The van der Waals surface area contributed by atoms with E-state index in [4.69, 9.17) is 14.2 Å². The zero-order valence-electron chi connectivity index (χ0n) is 12.7. The molecule has 0 bridgehead atoms. The molecule has 2 amide bonds. The number of methoxy groups -OCH3 is 1. The number of ether oxygens (including phenoxy) is 3. The lowest BCUT2D eigenvalue weighted by Crippen LogP contribution is -2.42. The van der Waals surface area contributed by atoms with Crippen molar-refractivity contribution in [2.75, 3.05) is 25.6 Å². The Hall–Kier alpha value is -2.89. The average Bonchev–Trinajstić information content (AvgIpc) is 2.60. The third-order valence-electron chi connectivity index (χ3n) is 3.41. The van der Waals surface area contributed by atoms with Crippen molar-refractivity contribution in [1.82, 2.24) is 5.32 Å². The first kappa shape index (κ1) is 15.0. The van der Waals surface area contributed by atoms with Gasteiger partial charge in [-0.2, -0.15) is 0 Å². The Kier molecular flexibility index (Phi) is 4.52. The SMILES string of the molecule is COc1ccc(NC(=O)NCC2COc3ccccc3O2)cc1. The molecule has 1 unspecified atom stereocenters. The van der Waals surface area contributed by atoms with Crippen molar-refractivity contribution in [2.45, 2.75) is 6.10 Å². The molecule has 0 aliphatic carbocycles. The van der Waals surface area contributed by atoms with Crippen LogP contribution in [0, 0.1) is 0 Å². The Balaban J connectivity index is 1.47. The van der Waals surface area contributed by atoms with E-state index in [1.807, 2.05) is 24.3 Å². The van der Waals surface area contributed by atoms with Crippen LogP contribution in [0.2, 0.25) is 0 Å². The van der Waals surface area contributed by atoms with Gasteiger partial charge in [-0.3, -0.25) is 0 Å². The molecule has 1 heterocycles. The van der Waals surface area contributed by atoms with Gasteiger partial charge in [-0.05, 0) is 36.4 Å². The first-order chi connectivity index (χ1) is 11.2. The van der Waals surface area contributed by atoms with Gasteiger partial charge in [0.05, 0.1) is 13.7 Å². The quantitative estimate of drug-likeness (QED) is 0.910. The van der Waals surface area contributed by atoms with Crippen molar-refractivity contribution in [3.05, 3.63) is 48.5 Å². The molecule has 6 nitrogen and oxygen atoms in total. The van der Waals surface area contributed by atoms with Crippen molar-refractivity contribution in [3.63, 3.8) is 0 Å². The molecule has 0 radical (unpaired) electrons. The molecule has 0 saturated heterocycles. The lowest BCUT2D eigenvalue weighted by Gasteiger charge is -2.26. The van der Waals surface area contributed by atoms with Crippen LogP contribution in [0.4, 0.5) is 10.5 Å². The second kappa shape index (κ2) is 6.91. The molecule has 2 N–H and O–H groups in total. The predicted octanol–water partition coefficient (Wildman–Crippen LogP) is 2.66. The van der Waals surface area contributed by atoms with Crippen LogP contribution in [0.15, 0.2) is 48.5 Å². The molecule has 0 fully saturated rings. The molecular formula is C17H18N2O4. The van der Waals surface area contributed by atoms with Crippen LogP contribution >= 0.6 is 0 Å². The van der Waals surface area contributed by atoms with Crippen LogP contribution in [0.25, 0.3) is 0 Å². The molecule has 23 heavy (non-hydrogen) atoms. The zero-order chi connectivity index (χ0) is 16.1. The fourth-order valence-electron chi connectivity index (χ4n) is 2.22. The monoisotopic (exact) mass is 314 g/mol. The molecular weight excluding hydrogens is 296 g/mol. The van der Waals surface area contributed by atoms with Crippen molar-refractivity contribution < 1.29 is 19.0 Å². The fourth-order valence-corrected chi connectivity index (χ4v) is 2.22. The highest BCUT2D eigenvalue weighted by Gasteiger charge is 2.20. The Bertz CT molecular complexity index is 673. The van der Waals surface area contributed by atoms with Crippen LogP contribution in [-0.4, -0.2) is 32.4 Å². The minimum absolute atomic E-state index is 0.216. The van der Waals surface area contributed by atoms with E-state index < -0.39 is 0 Å². The van der Waals surface area contributed by atoms with Gasteiger partial charge in [0.1, 0.15) is 12.4 Å². The van der Waals surface area contributed by atoms with E-state index in [2.05, 4.69) is 10.6 Å². The maximum atomic E-state index is 11.9. The molecule has 1 aliphatic rings. The van der Waals surface area contributed by atoms with E-state index in [1.165, 1.54) is 0 Å². The number of hydrogen-bond acceptors (Lipinski definition) is 4. The topological polar surface area (TPSA) is 68.8 Å². The second-order valence-corrected chi connectivity index (χ2v) is 5.06. The summed E-state index contributed by atoms with van der Waals surface area (Å²) in [4.78, 5) is 11.9. The molecule has 2 aromatic carbocycles. The first-order valence-electron chi connectivity index (χ1n) is 7.32. The molecule has 0 spiro atoms. The number of nitrogens with one attached hydrogen (secondary N) is 2. The number of para-hydroxylation sites is 2. The Morgan fingerprint density at radius 2 is 1.91 bits per heavy atom. The number of carbonyl (C=O) groups is 1. The van der Waals surface area contributed by atoms with Crippen LogP contribution in [-0.2, 0) is 0 Å². The van der Waals surface area contributed by atoms with E-state index in [1.54, 1.807) is 31.4 Å². The highest BCUT2D eigenvalue weighted by atomic mass is 16.6. The van der Waals surface area contributed by atoms with Gasteiger partial charge in [0.2, 0.25) is 0 Å². The number of fused-ring (bicyclic) bond motifs is 1. The summed E-state index contributed by atoms with van der Waals surface area (Å²) in [6.07, 6.45) is -0.216. The summed E-state index contributed by atoms with van der Waals surface area (Å²) in [6.45, 7) is 0.760. The molecule has 1 aliphatic heterocycles. The van der Waals surface area contributed by atoms with Gasteiger partial charge in [-0.15, -0.1) is 0 Å². The standard InChI is InChI=1S/C17H18N2O4/c1-21-13-8-6-12(7-9-13)19-17(20)18-10-14-11-22-15-4-2-3-5-16(15)23-14/h2-9,14H,10-11H2,1H3,(H2,18,19,20). The number of rotatable bonds is 4. The maximum absolute atomic E-state index is 11.9. The molecule has 120 valence electrons. The maximum Gasteiger partial charge on any atom is 0.319 e. The predicted molar refractivity (Wildman–Crippen MR) is 86.4 cm³/mol. The van der Waals surface area contributed by atoms with Crippen LogP contribution in [0.3, 0.4) is 0 Å². The van der Waals surface area contributed by atoms with E-state index >= 15 is 0 Å². The minimum atomic E-state index is -0.294. The van der Waals surface area contributed by atoms with Gasteiger partial charge in [-0.25, -0.2) is 4.79 Å². The summed E-state index contributed by atoms with van der Waals surface area (Å²) in [5.74, 6) is 2.16. The number of anilines is 1. The Morgan fingerprint density at radius 1 is 1.17 bits per heavy atom. The Labute approximate surface area is 134 Å². The summed E-state index contributed by atoms with van der Waals surface area (Å²) < 4.78 is 16.5. The number of urea groups is 1. The molecule has 6 heteroatoms. The third-order valence-corrected chi connectivity index (χ3v) is 3.41. The van der Waals surface area contributed by atoms with Gasteiger partial charge in [-0.1, -0.05) is 12.1 Å². The number of amides is 2. The zero-order valence-corrected chi connectivity index (χ0v) is 12.7. The van der Waals surface area contributed by atoms with E-state index in [0.717, 1.165) is 11.5 Å². The minimum Gasteiger partial charge on any atom is -0.497 e. The van der Waals surface area contributed by atoms with E-state index in [-0.39, 0.29) is 12.1 Å². The van der Waals surface area contributed by atoms with Gasteiger partial charge < -0.3 is 24.8 Å². The Morgan fingerprint density at radius 3 is 2.65 bits per heavy atom. The summed E-state index contributed by atoms with van der Waals surface area (Å²) in [6, 6.07) is 14.3. The largest absolute Gasteiger partial charge is 0.497 e. The van der Waals surface area contributed by atoms with Crippen molar-refractivity contribution >= 4 is 11.7 Å². The lowest BCUT2D eigenvalue weighted by atomic mass is 10.2. The number of benzene rings is 2. The molecule has 0 saturated carbocycles. The van der Waals surface area contributed by atoms with Crippen molar-refractivity contribution in [3.8, 4) is 17.2 Å². The summed E-state index contributed by atoms with van der Waals surface area (Å²) in [7, 11) is 1.60. The van der Waals surface area contributed by atoms with Crippen LogP contribution in [0.1, 0.15) is 0 Å². The number of hydrogen-bond donors (Lipinski definition) is 2. The van der Waals surface area contributed by atoms with Crippen molar-refractivity contribution in [1.29, 1.82) is 0 Å². The smallest absolute Gasteiger partial charge is 0.319 e. The highest BCUT2D eigenvalue weighted by Crippen LogP contribution is 2.30. The van der Waals surface area contributed by atoms with Gasteiger partial charge in [0.25, 0.3) is 0 Å². The molecule has 3 rings (SSSR count). The van der Waals surface area contributed by atoms with Crippen LogP contribution in [0.5, 0.6) is 17.2 Å². The van der Waals surface area contributed by atoms with E-state index in [0.29, 0.717) is 24.6 Å². The average molecular weight is 314 g/mol. The molecule has 1 atom stereocenters. The van der Waals surface area contributed by atoms with Gasteiger partial charge in [0.15, 0.2) is 17.6 Å². The normalized spacial score (nSPS) is 15.6.